The average Bonchev–Trinajstić information content (AvgIpc) is 3.15. The van der Waals surface area contributed by atoms with Crippen molar-refractivity contribution in [2.45, 2.75) is 32.3 Å². The molecule has 9 nitrogen and oxygen atoms in total. The average molecular weight is 420 g/mol. The Morgan fingerprint density at radius 2 is 2.13 bits per heavy atom. The second-order valence-corrected chi connectivity index (χ2v) is 7.74. The fraction of sp³-hybridized carbons (Fsp3) is 0.273. The second kappa shape index (κ2) is 7.21. The van der Waals surface area contributed by atoms with Crippen LogP contribution in [0, 0.1) is 0 Å². The van der Waals surface area contributed by atoms with E-state index >= 15 is 0 Å². The highest BCUT2D eigenvalue weighted by atomic mass is 16.5. The van der Waals surface area contributed by atoms with Gasteiger partial charge in [0.15, 0.2) is 17.7 Å². The highest BCUT2D eigenvalue weighted by molar-refractivity contribution is 5.99. The molecule has 158 valence electrons. The first-order valence-electron chi connectivity index (χ1n) is 9.97. The summed E-state index contributed by atoms with van der Waals surface area (Å²) in [6.45, 7) is 2.63. The Morgan fingerprint density at radius 1 is 1.29 bits per heavy atom. The number of pyridine rings is 2. The Bertz CT molecular complexity index is 1280. The molecule has 1 fully saturated rings. The highest BCUT2D eigenvalue weighted by Gasteiger charge is 2.42. The largest absolute Gasteiger partial charge is 0.503 e. The number of carbonyl (C=O) groups excluding carboxylic acids is 2. The number of amides is 2. The van der Waals surface area contributed by atoms with Gasteiger partial charge < -0.3 is 24.6 Å². The van der Waals surface area contributed by atoms with E-state index in [1.807, 2.05) is 37.3 Å². The molecule has 2 aliphatic heterocycles. The quantitative estimate of drug-likeness (QED) is 0.659. The van der Waals surface area contributed by atoms with E-state index in [0.717, 1.165) is 16.5 Å². The minimum Gasteiger partial charge on any atom is -0.503 e. The first-order valence-corrected chi connectivity index (χ1v) is 9.97. The summed E-state index contributed by atoms with van der Waals surface area (Å²) in [5, 5.41) is 14.1. The lowest BCUT2D eigenvalue weighted by molar-refractivity contribution is 0.00624. The van der Waals surface area contributed by atoms with Crippen LogP contribution in [0.2, 0.25) is 0 Å². The maximum atomic E-state index is 12.8. The van der Waals surface area contributed by atoms with E-state index in [9.17, 15) is 19.5 Å². The predicted molar refractivity (Wildman–Crippen MR) is 111 cm³/mol. The number of fused-ring (bicyclic) bond motifs is 3. The fourth-order valence-electron chi connectivity index (χ4n) is 4.23. The van der Waals surface area contributed by atoms with E-state index in [-0.39, 0.29) is 30.4 Å². The summed E-state index contributed by atoms with van der Waals surface area (Å²) >= 11 is 0. The van der Waals surface area contributed by atoms with Crippen molar-refractivity contribution in [3.63, 3.8) is 0 Å². The van der Waals surface area contributed by atoms with Crippen molar-refractivity contribution in [2.24, 2.45) is 0 Å². The zero-order chi connectivity index (χ0) is 21.7. The number of ether oxygens (including phenoxy) is 1. The van der Waals surface area contributed by atoms with Gasteiger partial charge in [0.2, 0.25) is 5.43 Å². The van der Waals surface area contributed by atoms with Gasteiger partial charge in [-0.3, -0.25) is 19.4 Å². The minimum atomic E-state index is -0.872. The Morgan fingerprint density at radius 3 is 2.97 bits per heavy atom. The molecule has 0 saturated carbocycles. The number of benzene rings is 1. The van der Waals surface area contributed by atoms with Crippen LogP contribution < -0.4 is 10.7 Å². The molecule has 2 atom stereocenters. The van der Waals surface area contributed by atoms with Crippen LogP contribution >= 0.6 is 0 Å². The zero-order valence-corrected chi connectivity index (χ0v) is 16.7. The van der Waals surface area contributed by atoms with Crippen LogP contribution in [-0.4, -0.2) is 50.2 Å². The summed E-state index contributed by atoms with van der Waals surface area (Å²) in [6, 6.07) is 9.15. The van der Waals surface area contributed by atoms with E-state index in [2.05, 4.69) is 10.3 Å². The van der Waals surface area contributed by atoms with Gasteiger partial charge in [-0.1, -0.05) is 18.2 Å². The molecular formula is C22H20N4O5. The van der Waals surface area contributed by atoms with Crippen LogP contribution in [0.15, 0.2) is 47.5 Å². The summed E-state index contributed by atoms with van der Waals surface area (Å²) in [7, 11) is 0. The molecule has 1 saturated heterocycles. The van der Waals surface area contributed by atoms with Crippen molar-refractivity contribution >= 4 is 22.7 Å². The smallest absolute Gasteiger partial charge is 0.276 e. The van der Waals surface area contributed by atoms with Crippen LogP contribution in [0.3, 0.4) is 0 Å². The van der Waals surface area contributed by atoms with Gasteiger partial charge in [0.1, 0.15) is 5.56 Å². The van der Waals surface area contributed by atoms with Gasteiger partial charge in [-0.2, -0.15) is 0 Å². The van der Waals surface area contributed by atoms with Crippen molar-refractivity contribution in [3.05, 3.63) is 69.8 Å². The summed E-state index contributed by atoms with van der Waals surface area (Å²) in [5.74, 6) is -1.83. The van der Waals surface area contributed by atoms with Crippen molar-refractivity contribution in [1.29, 1.82) is 0 Å². The van der Waals surface area contributed by atoms with Crippen LogP contribution in [0.25, 0.3) is 10.9 Å². The maximum absolute atomic E-state index is 12.8. The van der Waals surface area contributed by atoms with Gasteiger partial charge in [0, 0.05) is 24.3 Å². The van der Waals surface area contributed by atoms with E-state index in [4.69, 9.17) is 4.74 Å². The normalized spacial score (nSPS) is 19.9. The summed E-state index contributed by atoms with van der Waals surface area (Å²) in [4.78, 5) is 44.1. The molecule has 9 heteroatoms. The van der Waals surface area contributed by atoms with Crippen LogP contribution in [0.4, 0.5) is 0 Å². The Balaban J connectivity index is 1.45. The topological polar surface area (TPSA) is 114 Å². The molecule has 2 N–H and O–H groups in total. The van der Waals surface area contributed by atoms with Gasteiger partial charge >= 0.3 is 0 Å². The van der Waals surface area contributed by atoms with E-state index in [1.165, 1.54) is 15.7 Å². The molecule has 2 aromatic heterocycles. The molecule has 2 amide bonds. The number of aromatic hydroxyl groups is 1. The van der Waals surface area contributed by atoms with Crippen molar-refractivity contribution in [1.82, 2.24) is 19.8 Å². The van der Waals surface area contributed by atoms with Crippen LogP contribution in [0.5, 0.6) is 5.75 Å². The lowest BCUT2D eigenvalue weighted by atomic mass is 10.1. The monoisotopic (exact) mass is 420 g/mol. The first-order chi connectivity index (χ1) is 15.0. The fourth-order valence-corrected chi connectivity index (χ4v) is 4.23. The molecular weight excluding hydrogens is 400 g/mol. The summed E-state index contributed by atoms with van der Waals surface area (Å²) < 4.78 is 7.06. The molecule has 4 heterocycles. The molecule has 0 spiro atoms. The molecule has 0 bridgehead atoms. The lowest BCUT2D eigenvalue weighted by Gasteiger charge is -2.33. The van der Waals surface area contributed by atoms with Gasteiger partial charge in [-0.25, -0.2) is 0 Å². The molecule has 0 radical (unpaired) electrons. The Hall–Kier alpha value is -3.72. The molecule has 5 rings (SSSR count). The van der Waals surface area contributed by atoms with E-state index < -0.39 is 29.2 Å². The van der Waals surface area contributed by atoms with Crippen molar-refractivity contribution < 1.29 is 19.4 Å². The third-order valence-electron chi connectivity index (χ3n) is 5.78. The molecule has 31 heavy (non-hydrogen) atoms. The Labute approximate surface area is 176 Å². The molecule has 3 aromatic rings. The van der Waals surface area contributed by atoms with Gasteiger partial charge in [0.05, 0.1) is 24.7 Å². The predicted octanol–water partition coefficient (Wildman–Crippen LogP) is 1.23. The van der Waals surface area contributed by atoms with E-state index in [1.54, 1.807) is 6.20 Å². The summed E-state index contributed by atoms with van der Waals surface area (Å²) in [6.07, 6.45) is 2.52. The molecule has 0 aliphatic carbocycles. The number of nitrogens with zero attached hydrogens (tertiary/aromatic N) is 3. The number of nitrogens with one attached hydrogen (secondary N) is 1. The second-order valence-electron chi connectivity index (χ2n) is 7.74. The van der Waals surface area contributed by atoms with Gasteiger partial charge in [-0.15, -0.1) is 0 Å². The van der Waals surface area contributed by atoms with Crippen LogP contribution in [-0.2, 0) is 17.8 Å². The lowest BCUT2D eigenvalue weighted by Crippen LogP contribution is -2.49. The summed E-state index contributed by atoms with van der Waals surface area (Å²) in [5.41, 5.74) is 0.431. The zero-order valence-electron chi connectivity index (χ0n) is 16.7. The number of hydrogen-bond acceptors (Lipinski definition) is 6. The molecule has 1 aromatic carbocycles. The highest BCUT2D eigenvalue weighted by Crippen LogP contribution is 2.29. The molecule has 2 aliphatic rings. The van der Waals surface area contributed by atoms with Gasteiger partial charge in [-0.05, 0) is 24.6 Å². The number of carbonyl (C=O) groups is 2. The van der Waals surface area contributed by atoms with Crippen molar-refractivity contribution in [2.75, 3.05) is 6.61 Å². The SMILES string of the molecule is C[C@H]1COC2Cn3cc(C(=O)NCc4cccc5ncccc45)c(=O)c(O)c3C(=O)N21. The van der Waals surface area contributed by atoms with E-state index in [0.29, 0.717) is 6.61 Å². The van der Waals surface area contributed by atoms with Crippen LogP contribution in [0.1, 0.15) is 33.3 Å². The Kier molecular flexibility index (Phi) is 4.48. The number of rotatable bonds is 3. The minimum absolute atomic E-state index is 0.115. The standard InChI is InChI=1S/C22H20N4O5/c1-12-11-31-17-10-25-9-15(19(27)20(28)18(25)22(30)26(12)17)21(29)24-8-13-4-2-6-16-14(13)5-3-7-23-16/h2-7,9,12,17,28H,8,10-11H2,1H3,(H,24,29)/t12-,17?/m0/s1. The third kappa shape index (κ3) is 3.05. The van der Waals surface area contributed by atoms with Gasteiger partial charge in [0.25, 0.3) is 11.8 Å². The first kappa shape index (κ1) is 19.3. The third-order valence-corrected chi connectivity index (χ3v) is 5.78. The number of aromatic nitrogens is 2. The maximum Gasteiger partial charge on any atom is 0.276 e. The number of hydrogen-bond donors (Lipinski definition) is 2. The van der Waals surface area contributed by atoms with Crippen molar-refractivity contribution in [3.8, 4) is 5.75 Å². The molecule has 1 unspecified atom stereocenters.